The molecule has 1 atom stereocenters. The summed E-state index contributed by atoms with van der Waals surface area (Å²) in [6.45, 7) is 6.41. The van der Waals surface area contributed by atoms with Crippen LogP contribution in [0.4, 0.5) is 0 Å². The minimum absolute atomic E-state index is 0.0123. The van der Waals surface area contributed by atoms with Crippen LogP contribution in [0.3, 0.4) is 0 Å². The summed E-state index contributed by atoms with van der Waals surface area (Å²) in [5, 5.41) is 7.69. The first-order valence-corrected chi connectivity index (χ1v) is 10.5. The molecule has 0 radical (unpaired) electrons. The normalized spacial score (nSPS) is 12.1. The lowest BCUT2D eigenvalue weighted by Gasteiger charge is -2.30. The molecule has 0 aliphatic rings. The summed E-state index contributed by atoms with van der Waals surface area (Å²) in [5.74, 6) is 0.828. The lowest BCUT2D eigenvalue weighted by Crippen LogP contribution is -2.38. The van der Waals surface area contributed by atoms with Gasteiger partial charge >= 0.3 is 0 Å². The summed E-state index contributed by atoms with van der Waals surface area (Å²) in [5.41, 5.74) is 1.79. The molecule has 1 aromatic carbocycles. The molecule has 0 bridgehead atoms. The zero-order valence-corrected chi connectivity index (χ0v) is 18.0. The maximum absolute atomic E-state index is 12.5. The van der Waals surface area contributed by atoms with E-state index in [0.717, 1.165) is 24.2 Å². The van der Waals surface area contributed by atoms with Crippen molar-refractivity contribution in [1.82, 2.24) is 25.3 Å². The Hall–Kier alpha value is -2.77. The van der Waals surface area contributed by atoms with Crippen LogP contribution in [0.5, 0.6) is 0 Å². The second-order valence-corrected chi connectivity index (χ2v) is 7.22. The first kappa shape index (κ1) is 21.9. The molecule has 0 aliphatic carbocycles. The van der Waals surface area contributed by atoms with E-state index in [2.05, 4.69) is 39.2 Å². The number of aromatic nitrogens is 3. The Kier molecular flexibility index (Phi) is 7.93. The fourth-order valence-corrected chi connectivity index (χ4v) is 3.60. The third-order valence-electron chi connectivity index (χ3n) is 4.96. The minimum Gasteiger partial charge on any atom is -0.354 e. The number of nitrogens with one attached hydrogen (secondary N) is 1. The smallest absolute Gasteiger partial charge is 0.227 e. The van der Waals surface area contributed by atoms with Gasteiger partial charge in [-0.15, -0.1) is 0 Å². The van der Waals surface area contributed by atoms with Crippen LogP contribution in [0, 0.1) is 0 Å². The first-order valence-electron chi connectivity index (χ1n) is 10.1. The molecule has 2 aromatic heterocycles. The summed E-state index contributed by atoms with van der Waals surface area (Å²) in [6, 6.07) is 11.4. The van der Waals surface area contributed by atoms with Gasteiger partial charge in [0.15, 0.2) is 0 Å². The van der Waals surface area contributed by atoms with Gasteiger partial charge in [0.2, 0.25) is 17.6 Å². The van der Waals surface area contributed by atoms with Crippen LogP contribution in [0.15, 0.2) is 53.3 Å². The summed E-state index contributed by atoms with van der Waals surface area (Å²) < 4.78 is 5.26. The highest BCUT2D eigenvalue weighted by molar-refractivity contribution is 6.31. The van der Waals surface area contributed by atoms with Crippen LogP contribution in [-0.2, 0) is 11.2 Å². The second-order valence-electron chi connectivity index (χ2n) is 6.82. The van der Waals surface area contributed by atoms with Gasteiger partial charge in [0.05, 0.1) is 6.04 Å². The van der Waals surface area contributed by atoms with Gasteiger partial charge in [-0.3, -0.25) is 14.7 Å². The zero-order valence-electron chi connectivity index (χ0n) is 17.2. The monoisotopic (exact) mass is 427 g/mol. The van der Waals surface area contributed by atoms with Crippen molar-refractivity contribution >= 4 is 17.5 Å². The molecule has 0 aliphatic heterocycles. The largest absolute Gasteiger partial charge is 0.354 e. The zero-order chi connectivity index (χ0) is 21.3. The molecule has 158 valence electrons. The average Bonchev–Trinajstić information content (AvgIpc) is 3.26. The van der Waals surface area contributed by atoms with Crippen molar-refractivity contribution in [3.05, 3.63) is 65.3 Å². The maximum Gasteiger partial charge on any atom is 0.227 e. The van der Waals surface area contributed by atoms with Crippen LogP contribution in [-0.4, -0.2) is 45.6 Å². The van der Waals surface area contributed by atoms with Crippen LogP contribution >= 0.6 is 11.6 Å². The summed E-state index contributed by atoms with van der Waals surface area (Å²) >= 11 is 6.41. The molecule has 7 nitrogen and oxygen atoms in total. The number of amides is 1. The van der Waals surface area contributed by atoms with E-state index in [1.807, 2.05) is 36.4 Å². The maximum atomic E-state index is 12.5. The molecule has 8 heteroatoms. The van der Waals surface area contributed by atoms with Crippen molar-refractivity contribution in [3.63, 3.8) is 0 Å². The standard InChI is InChI=1S/C22H26ClN5O2/c1-3-28(4-2)19(17-9-5-6-10-18(17)23)15-25-20(29)11-12-21-26-22(27-30-21)16-8-7-13-24-14-16/h5-10,13-14,19H,3-4,11-12,15H2,1-2H3,(H,25,29). The van der Waals surface area contributed by atoms with E-state index >= 15 is 0 Å². The predicted molar refractivity (Wildman–Crippen MR) is 116 cm³/mol. The van der Waals surface area contributed by atoms with Crippen molar-refractivity contribution in [3.8, 4) is 11.4 Å². The Bertz CT molecular complexity index is 943. The quantitative estimate of drug-likeness (QED) is 0.528. The summed E-state index contributed by atoms with van der Waals surface area (Å²) in [6.07, 6.45) is 4.00. The predicted octanol–water partition coefficient (Wildman–Crippen LogP) is 3.92. The van der Waals surface area contributed by atoms with Gasteiger partial charge in [0, 0.05) is 42.4 Å². The summed E-state index contributed by atoms with van der Waals surface area (Å²) in [4.78, 5) is 23.1. The van der Waals surface area contributed by atoms with E-state index in [-0.39, 0.29) is 18.4 Å². The Morgan fingerprint density at radius 3 is 2.70 bits per heavy atom. The van der Waals surface area contributed by atoms with Gasteiger partial charge in [-0.05, 0) is 36.9 Å². The number of aryl methyl sites for hydroxylation is 1. The third kappa shape index (κ3) is 5.64. The number of nitrogens with zero attached hydrogens (tertiary/aromatic N) is 4. The lowest BCUT2D eigenvalue weighted by atomic mass is 10.0. The van der Waals surface area contributed by atoms with Gasteiger partial charge in [-0.1, -0.05) is 48.8 Å². The Morgan fingerprint density at radius 1 is 1.20 bits per heavy atom. The molecule has 1 N–H and O–H groups in total. The van der Waals surface area contributed by atoms with Crippen molar-refractivity contribution in [2.75, 3.05) is 19.6 Å². The molecule has 0 saturated heterocycles. The number of carbonyl (C=O) groups excluding carboxylic acids is 1. The number of hydrogen-bond acceptors (Lipinski definition) is 6. The Morgan fingerprint density at radius 2 is 2.00 bits per heavy atom. The molecule has 2 heterocycles. The van der Waals surface area contributed by atoms with E-state index in [1.54, 1.807) is 12.4 Å². The fourth-order valence-electron chi connectivity index (χ4n) is 3.33. The number of likely N-dealkylation sites (N-methyl/N-ethyl adjacent to an activating group) is 1. The number of halogens is 1. The van der Waals surface area contributed by atoms with Crippen LogP contribution < -0.4 is 5.32 Å². The van der Waals surface area contributed by atoms with Gasteiger partial charge in [-0.2, -0.15) is 4.98 Å². The second kappa shape index (κ2) is 10.8. The van der Waals surface area contributed by atoms with Crippen molar-refractivity contribution in [2.45, 2.75) is 32.7 Å². The number of carbonyl (C=O) groups is 1. The topological polar surface area (TPSA) is 84.2 Å². The SMILES string of the molecule is CCN(CC)C(CNC(=O)CCc1nc(-c2cccnc2)no1)c1ccccc1Cl. The van der Waals surface area contributed by atoms with Gasteiger partial charge < -0.3 is 9.84 Å². The van der Waals surface area contributed by atoms with Crippen molar-refractivity contribution in [1.29, 1.82) is 0 Å². The number of hydrogen-bond donors (Lipinski definition) is 1. The molecular formula is C22H26ClN5O2. The van der Waals surface area contributed by atoms with E-state index in [9.17, 15) is 4.79 Å². The average molecular weight is 428 g/mol. The van der Waals surface area contributed by atoms with Gasteiger partial charge in [0.25, 0.3) is 0 Å². The van der Waals surface area contributed by atoms with Crippen LogP contribution in [0.25, 0.3) is 11.4 Å². The molecule has 1 unspecified atom stereocenters. The van der Waals surface area contributed by atoms with E-state index < -0.39 is 0 Å². The van der Waals surface area contributed by atoms with E-state index in [1.165, 1.54) is 0 Å². The van der Waals surface area contributed by atoms with Crippen molar-refractivity contribution < 1.29 is 9.32 Å². The van der Waals surface area contributed by atoms with Crippen LogP contribution in [0.1, 0.15) is 37.8 Å². The molecular weight excluding hydrogens is 402 g/mol. The molecule has 0 spiro atoms. The molecule has 0 fully saturated rings. The number of rotatable bonds is 10. The number of benzene rings is 1. The highest BCUT2D eigenvalue weighted by Gasteiger charge is 2.21. The highest BCUT2D eigenvalue weighted by atomic mass is 35.5. The molecule has 3 aromatic rings. The van der Waals surface area contributed by atoms with Crippen molar-refractivity contribution in [2.24, 2.45) is 0 Å². The van der Waals surface area contributed by atoms with Gasteiger partial charge in [0.1, 0.15) is 0 Å². The molecule has 0 saturated carbocycles. The Labute approximate surface area is 181 Å². The molecule has 1 amide bonds. The Balaban J connectivity index is 1.57. The lowest BCUT2D eigenvalue weighted by molar-refractivity contribution is -0.121. The van der Waals surface area contributed by atoms with Crippen LogP contribution in [0.2, 0.25) is 5.02 Å². The third-order valence-corrected chi connectivity index (χ3v) is 5.31. The van der Waals surface area contributed by atoms with E-state index in [4.69, 9.17) is 16.1 Å². The minimum atomic E-state index is -0.0691. The molecule has 30 heavy (non-hydrogen) atoms. The fraction of sp³-hybridized carbons (Fsp3) is 0.364. The number of pyridine rings is 1. The summed E-state index contributed by atoms with van der Waals surface area (Å²) in [7, 11) is 0. The first-order chi connectivity index (χ1) is 14.6. The highest BCUT2D eigenvalue weighted by Crippen LogP contribution is 2.27. The van der Waals surface area contributed by atoms with Gasteiger partial charge in [-0.25, -0.2) is 0 Å². The van der Waals surface area contributed by atoms with E-state index in [0.29, 0.717) is 29.7 Å². The molecule has 3 rings (SSSR count).